The molecule has 682 valence electrons. The van der Waals surface area contributed by atoms with Gasteiger partial charge in [0.05, 0.1) is 76.0 Å². The molecule has 2 N–H and O–H groups in total. The van der Waals surface area contributed by atoms with E-state index in [1.165, 1.54) is 53.7 Å². The molecule has 3 aromatic carbocycles. The number of carbonyl (C=O) groups excluding carboxylic acids is 5. The Morgan fingerprint density at radius 2 is 0.610 bits per heavy atom. The number of alkyl halides is 24. The van der Waals surface area contributed by atoms with Crippen LogP contribution in [0.15, 0.2) is 54.6 Å². The quantitative estimate of drug-likeness (QED) is 0.0321. The molecule has 0 bridgehead atoms. The van der Waals surface area contributed by atoms with Crippen molar-refractivity contribution in [2.24, 2.45) is 16.7 Å². The van der Waals surface area contributed by atoms with Crippen molar-refractivity contribution in [2.45, 2.75) is 328 Å². The number of ether oxygens (including phenoxy) is 5. The lowest BCUT2D eigenvalue weighted by Gasteiger charge is -2.41. The molecule has 0 saturated heterocycles. The summed E-state index contributed by atoms with van der Waals surface area (Å²) in [5.74, 6) is -91.1. The predicted molar refractivity (Wildman–Crippen MR) is 394 cm³/mol. The minimum atomic E-state index is -7.78. The number of hydrogen-bond donors (Lipinski definition) is 2. The molecule has 3 aromatic rings. The Hall–Kier alpha value is -7.07. The summed E-state index contributed by atoms with van der Waals surface area (Å²) >= 11 is 0. The normalized spacial score (nSPS) is 14.3. The van der Waals surface area contributed by atoms with Gasteiger partial charge >= 0.3 is 101 Å². The summed E-state index contributed by atoms with van der Waals surface area (Å²) in [6, 6.07) is 16.9. The maximum Gasteiger partial charge on any atom is 0.384 e. The van der Waals surface area contributed by atoms with Gasteiger partial charge in [0.15, 0.2) is 0 Å². The van der Waals surface area contributed by atoms with Gasteiger partial charge in [-0.2, -0.15) is 105 Å². The number of phenols is 2. The summed E-state index contributed by atoms with van der Waals surface area (Å²) in [6.45, 7) is 31.3. The number of esters is 5. The van der Waals surface area contributed by atoms with Crippen LogP contribution in [0.3, 0.4) is 0 Å². The number of aromatic hydroxyl groups is 2. The van der Waals surface area contributed by atoms with E-state index in [0.717, 1.165) is 6.42 Å². The molecule has 0 saturated carbocycles. The summed E-state index contributed by atoms with van der Waals surface area (Å²) in [5.41, 5.74) is 0.418. The van der Waals surface area contributed by atoms with Gasteiger partial charge in [-0.1, -0.05) is 179 Å². The molecule has 0 radical (unpaired) electrons. The van der Waals surface area contributed by atoms with Crippen LogP contribution in [0.25, 0.3) is 0 Å². The number of carbonyl (C=O) groups is 5. The fourth-order valence-corrected chi connectivity index (χ4v) is 10.2. The second kappa shape index (κ2) is 40.7. The predicted octanol–water partition coefficient (Wildman–Crippen LogP) is 24.5. The van der Waals surface area contributed by atoms with Crippen LogP contribution in [0.1, 0.15) is 261 Å². The number of benzene rings is 3. The maximum absolute atomic E-state index is 14.3. The number of aryl methyl sites for hydroxylation is 2. The molecule has 118 heavy (non-hydrogen) atoms. The minimum absolute atomic E-state index is 0.000357. The largest absolute Gasteiger partial charge is 0.507 e. The molecule has 0 fully saturated rings. The lowest BCUT2D eigenvalue weighted by atomic mass is 9.78. The lowest BCUT2D eigenvalue weighted by Crippen LogP contribution is -2.70. The average molecular weight is 1750 g/mol. The van der Waals surface area contributed by atoms with Crippen molar-refractivity contribution in [3.05, 3.63) is 93.5 Å². The van der Waals surface area contributed by atoms with Crippen LogP contribution < -0.4 is 0 Å². The topological polar surface area (TPSA) is 172 Å². The van der Waals surface area contributed by atoms with Crippen LogP contribution in [0, 0.1) is 16.7 Å². The summed E-state index contributed by atoms with van der Waals surface area (Å²) in [4.78, 5) is 58.5. The van der Waals surface area contributed by atoms with Crippen molar-refractivity contribution in [1.82, 2.24) is 0 Å². The smallest absolute Gasteiger partial charge is 0.384 e. The van der Waals surface area contributed by atoms with Gasteiger partial charge < -0.3 is 33.9 Å². The molecular formula is C82H114F24O12. The van der Waals surface area contributed by atoms with Crippen molar-refractivity contribution < 1.29 is 163 Å². The Morgan fingerprint density at radius 1 is 0.356 bits per heavy atom. The highest BCUT2D eigenvalue weighted by Crippen LogP contribution is 2.63. The zero-order valence-electron chi connectivity index (χ0n) is 70.7. The van der Waals surface area contributed by atoms with Crippen molar-refractivity contribution in [3.63, 3.8) is 0 Å². The first-order valence-electron chi connectivity index (χ1n) is 37.7. The van der Waals surface area contributed by atoms with E-state index in [9.17, 15) is 140 Å². The van der Waals surface area contributed by atoms with Crippen LogP contribution in [-0.4, -0.2) is 145 Å². The van der Waals surface area contributed by atoms with Gasteiger partial charge in [-0.15, -0.1) is 0 Å². The highest BCUT2D eigenvalue weighted by molar-refractivity contribution is 5.76. The Labute approximate surface area is 674 Å². The second-order valence-corrected chi connectivity index (χ2v) is 34.2. The van der Waals surface area contributed by atoms with Gasteiger partial charge in [-0.25, -0.2) is 0 Å². The molecule has 0 aliphatic heterocycles. The fourth-order valence-electron chi connectivity index (χ4n) is 10.2. The number of rotatable bonds is 36. The lowest BCUT2D eigenvalue weighted by molar-refractivity contribution is -0.426. The highest BCUT2D eigenvalue weighted by atomic mass is 19.4. The van der Waals surface area contributed by atoms with Gasteiger partial charge in [0.25, 0.3) is 0 Å². The molecule has 12 nitrogen and oxygen atoms in total. The first kappa shape index (κ1) is 111. The SMILES string of the molecule is CCC(C)(C)C(=O)OC.CCC(C)(C)C(=O)OCCC(F)(F)C(F)(F)C(F)(F)C(F)(F)C(F)(F)C(F)(F)CCOC(=O)CCc1cc(C(C)(C)C)c(O)c(C(C)(C)C)c1.CCC(C)C(=O)OCCC(F)(F)C(F)(F)C(F)(F)C(F)(F)C(F)(F)C(F)(F)CCOC(=O)CCc1cc(C(C)(C)C)c(O)c(C(C)(C)C)c1.CCC(C)c1ccccc1. The van der Waals surface area contributed by atoms with Gasteiger partial charge in [-0.05, 0) is 133 Å². The summed E-state index contributed by atoms with van der Waals surface area (Å²) in [7, 11) is 1.42. The van der Waals surface area contributed by atoms with Gasteiger partial charge in [-0.3, -0.25) is 24.0 Å². The van der Waals surface area contributed by atoms with E-state index < -0.39 is 193 Å². The molecule has 0 amide bonds. The zero-order chi connectivity index (χ0) is 93.5. The molecule has 2 atom stereocenters. The number of halogens is 24. The standard InChI is InChI=1S/C33H44F12O5.C32H42F12O5.C10H14.C7H14O2/c1-10-27(8,9)24(48)50-16-14-29(36,37)31(40,41)33(44,45)32(42,43)30(38,39)28(34,35)13-15-49-22(46)12-11-19-17-20(25(2,3)4)23(47)21(18-19)26(5,6)7;1-9-18(2)24(47)49-15-13-28(35,36)30(39,40)32(43,44)31(41,42)29(37,38)27(33,34)12-14-48-22(45)11-10-19-16-20(25(3,4)5)23(46)21(17-19)26(6,7)8;1-3-9(2)10-7-5-4-6-8-10;1-5-7(2,3)6(8)9-4/h17-18,47H,10-16H2,1-9H3;16-18,46H,9-15H2,1-8H3;4-9H,3H2,1-2H3;5H2,1-4H3. The van der Waals surface area contributed by atoms with Crippen molar-refractivity contribution in [3.8, 4) is 11.5 Å². The van der Waals surface area contributed by atoms with Crippen molar-refractivity contribution >= 4 is 29.8 Å². The third-order valence-electron chi connectivity index (χ3n) is 19.7. The number of phenolic OH excluding ortho intramolecular Hbond substituents is 2. The van der Waals surface area contributed by atoms with E-state index in [-0.39, 0.29) is 48.6 Å². The van der Waals surface area contributed by atoms with Crippen molar-refractivity contribution in [2.75, 3.05) is 33.5 Å². The maximum atomic E-state index is 14.3. The zero-order valence-corrected chi connectivity index (χ0v) is 70.7. The molecular weight excluding hydrogens is 1630 g/mol. The van der Waals surface area contributed by atoms with Gasteiger partial charge in [0, 0.05) is 12.8 Å². The molecule has 0 spiro atoms. The Kier molecular flexibility index (Phi) is 38.3. The van der Waals surface area contributed by atoms with Crippen molar-refractivity contribution in [1.29, 1.82) is 0 Å². The molecule has 0 aromatic heterocycles. The monoisotopic (exact) mass is 1750 g/mol. The molecule has 0 aliphatic carbocycles. The Morgan fingerprint density at radius 3 is 0.839 bits per heavy atom. The van der Waals surface area contributed by atoms with Gasteiger partial charge in [0.1, 0.15) is 11.5 Å². The Balaban J connectivity index is 0.00000189. The Bertz CT molecular complexity index is 3670. The third kappa shape index (κ3) is 27.0. The summed E-state index contributed by atoms with van der Waals surface area (Å²) in [5, 5.41) is 21.5. The van der Waals surface area contributed by atoms with Crippen LogP contribution in [-0.2, 0) is 82.2 Å². The fraction of sp³-hybridized carbons (Fsp3) is 0.720. The molecule has 3 rings (SSSR count). The van der Waals surface area contributed by atoms with Crippen LogP contribution in [0.2, 0.25) is 0 Å². The number of methoxy groups -OCH3 is 1. The van der Waals surface area contributed by atoms with E-state index in [4.69, 9.17) is 0 Å². The van der Waals surface area contributed by atoms with Crippen LogP contribution in [0.5, 0.6) is 11.5 Å². The van der Waals surface area contributed by atoms with E-state index >= 15 is 0 Å². The highest BCUT2D eigenvalue weighted by Gasteiger charge is 2.91. The first-order chi connectivity index (χ1) is 52.7. The minimum Gasteiger partial charge on any atom is -0.507 e. The molecule has 0 aliphatic rings. The van der Waals surface area contributed by atoms with E-state index in [1.54, 1.807) is 107 Å². The first-order valence-corrected chi connectivity index (χ1v) is 37.7. The average Bonchev–Trinajstić information content (AvgIpc) is 0.713. The summed E-state index contributed by atoms with van der Waals surface area (Å²) in [6.07, 6.45) is -9.51. The number of hydrogen-bond acceptors (Lipinski definition) is 12. The van der Waals surface area contributed by atoms with E-state index in [1.807, 2.05) is 20.8 Å². The van der Waals surface area contributed by atoms with Crippen LogP contribution >= 0.6 is 0 Å². The van der Waals surface area contributed by atoms with Crippen LogP contribution in [0.4, 0.5) is 105 Å². The van der Waals surface area contributed by atoms with E-state index in [0.29, 0.717) is 39.3 Å². The molecule has 0 heterocycles. The molecule has 2 unspecified atom stereocenters. The molecule has 36 heteroatoms. The van der Waals surface area contributed by atoms with E-state index in [2.05, 4.69) is 67.9 Å². The third-order valence-corrected chi connectivity index (χ3v) is 19.7. The summed E-state index contributed by atoms with van der Waals surface area (Å²) < 4.78 is 364. The second-order valence-electron chi connectivity index (χ2n) is 34.2. The van der Waals surface area contributed by atoms with Gasteiger partial charge in [0.2, 0.25) is 0 Å².